The van der Waals surface area contributed by atoms with Gasteiger partial charge in [-0.25, -0.2) is 0 Å². The molecule has 35 heavy (non-hydrogen) atoms. The van der Waals surface area contributed by atoms with Crippen LogP contribution in [0.4, 0.5) is 5.69 Å². The monoisotopic (exact) mass is 466 g/mol. The summed E-state index contributed by atoms with van der Waals surface area (Å²) in [5.41, 5.74) is 4.34. The Morgan fingerprint density at radius 2 is 1.37 bits per heavy atom. The lowest BCUT2D eigenvalue weighted by Gasteiger charge is -2.34. The van der Waals surface area contributed by atoms with Crippen LogP contribution < -0.4 is 10.9 Å². The number of nitrogens with zero attached hydrogens (tertiary/aromatic N) is 2. The van der Waals surface area contributed by atoms with E-state index in [4.69, 9.17) is 0 Å². The molecule has 1 aliphatic heterocycles. The Morgan fingerprint density at radius 3 is 2.06 bits per heavy atom. The second-order valence-electron chi connectivity index (χ2n) is 9.17. The van der Waals surface area contributed by atoms with Crippen LogP contribution in [0.25, 0.3) is 10.9 Å². The van der Waals surface area contributed by atoms with E-state index in [-0.39, 0.29) is 17.9 Å². The first-order valence-corrected chi connectivity index (χ1v) is 12.1. The summed E-state index contributed by atoms with van der Waals surface area (Å²) in [7, 11) is 0. The van der Waals surface area contributed by atoms with Crippen molar-refractivity contribution in [3.8, 4) is 0 Å². The number of benzene rings is 3. The number of piperazine rings is 1. The van der Waals surface area contributed by atoms with Crippen LogP contribution in [-0.2, 0) is 24.3 Å². The van der Waals surface area contributed by atoms with Gasteiger partial charge in [-0.3, -0.25) is 19.4 Å². The van der Waals surface area contributed by atoms with Gasteiger partial charge in [0.2, 0.25) is 5.91 Å². The van der Waals surface area contributed by atoms with Crippen molar-refractivity contribution in [1.82, 2.24) is 14.8 Å². The lowest BCUT2D eigenvalue weighted by atomic mass is 10.1. The van der Waals surface area contributed by atoms with Gasteiger partial charge in [0.1, 0.15) is 0 Å². The van der Waals surface area contributed by atoms with Gasteiger partial charge in [-0.05, 0) is 40.8 Å². The Hall–Kier alpha value is -3.74. The Labute approximate surface area is 205 Å². The van der Waals surface area contributed by atoms with Crippen molar-refractivity contribution >= 4 is 22.5 Å². The minimum atomic E-state index is -0.224. The molecule has 2 N–H and O–H groups in total. The molecule has 6 nitrogen and oxygen atoms in total. The van der Waals surface area contributed by atoms with E-state index >= 15 is 0 Å². The standard InChI is InChI=1S/C29H30N4O2/c34-28(19-25-18-24-8-4-5-9-27(24)31-29(25)35)30-26-12-10-23(11-13-26)21-33-16-14-32(15-17-33)20-22-6-2-1-3-7-22/h1-13,18H,14-17,19-21H2,(H,30,34)(H,31,35). The molecule has 2 heterocycles. The molecular formula is C29H30N4O2. The zero-order chi connectivity index (χ0) is 24.0. The number of nitrogens with one attached hydrogen (secondary N) is 2. The van der Waals surface area contributed by atoms with Crippen LogP contribution in [-0.4, -0.2) is 46.9 Å². The van der Waals surface area contributed by atoms with Crippen molar-refractivity contribution in [2.75, 3.05) is 31.5 Å². The molecule has 1 amide bonds. The minimum Gasteiger partial charge on any atom is -0.326 e. The molecule has 3 aromatic carbocycles. The maximum absolute atomic E-state index is 12.6. The van der Waals surface area contributed by atoms with Crippen molar-refractivity contribution < 1.29 is 4.79 Å². The van der Waals surface area contributed by atoms with Crippen LogP contribution in [0.1, 0.15) is 16.7 Å². The first-order valence-electron chi connectivity index (χ1n) is 12.1. The van der Waals surface area contributed by atoms with Gasteiger partial charge in [-0.1, -0.05) is 60.7 Å². The first kappa shape index (κ1) is 23.0. The predicted octanol–water partition coefficient (Wildman–Crippen LogP) is 4.03. The van der Waals surface area contributed by atoms with Gasteiger partial charge in [0.05, 0.1) is 6.42 Å². The van der Waals surface area contributed by atoms with Crippen molar-refractivity contribution in [2.45, 2.75) is 19.5 Å². The summed E-state index contributed by atoms with van der Waals surface area (Å²) < 4.78 is 0. The number of anilines is 1. The Balaban J connectivity index is 1.11. The van der Waals surface area contributed by atoms with E-state index in [2.05, 4.69) is 62.6 Å². The van der Waals surface area contributed by atoms with Crippen molar-refractivity contribution in [2.24, 2.45) is 0 Å². The highest BCUT2D eigenvalue weighted by atomic mass is 16.2. The third kappa shape index (κ3) is 6.04. The van der Waals surface area contributed by atoms with E-state index in [0.717, 1.165) is 55.9 Å². The summed E-state index contributed by atoms with van der Waals surface area (Å²) in [6.07, 6.45) is 0.0369. The minimum absolute atomic E-state index is 0.0369. The number of hydrogen-bond acceptors (Lipinski definition) is 4. The van der Waals surface area contributed by atoms with Crippen LogP contribution in [0, 0.1) is 0 Å². The quantitative estimate of drug-likeness (QED) is 0.432. The van der Waals surface area contributed by atoms with E-state index in [1.54, 1.807) is 6.07 Å². The third-order valence-electron chi connectivity index (χ3n) is 6.54. The number of amides is 1. The molecule has 0 saturated carbocycles. The van der Waals surface area contributed by atoms with E-state index < -0.39 is 0 Å². The van der Waals surface area contributed by atoms with Gasteiger partial charge in [-0.2, -0.15) is 0 Å². The van der Waals surface area contributed by atoms with Crippen LogP contribution in [0.3, 0.4) is 0 Å². The van der Waals surface area contributed by atoms with E-state index in [9.17, 15) is 9.59 Å². The molecule has 0 aliphatic carbocycles. The molecular weight excluding hydrogens is 436 g/mol. The molecule has 6 heteroatoms. The molecule has 0 spiro atoms. The summed E-state index contributed by atoms with van der Waals surface area (Å²) in [6.45, 7) is 6.14. The maximum Gasteiger partial charge on any atom is 0.252 e. The highest BCUT2D eigenvalue weighted by Gasteiger charge is 2.17. The molecule has 1 fully saturated rings. The second-order valence-corrected chi connectivity index (χ2v) is 9.17. The first-order chi connectivity index (χ1) is 17.1. The summed E-state index contributed by atoms with van der Waals surface area (Å²) >= 11 is 0. The highest BCUT2D eigenvalue weighted by molar-refractivity contribution is 5.92. The molecule has 1 saturated heterocycles. The lowest BCUT2D eigenvalue weighted by molar-refractivity contribution is -0.115. The second kappa shape index (κ2) is 10.7. The average molecular weight is 467 g/mol. The molecule has 0 unspecified atom stereocenters. The average Bonchev–Trinajstić information content (AvgIpc) is 2.87. The van der Waals surface area contributed by atoms with Crippen molar-refractivity contribution in [3.05, 3.63) is 112 Å². The summed E-state index contributed by atoms with van der Waals surface area (Å²) in [5.74, 6) is -0.201. The van der Waals surface area contributed by atoms with Crippen LogP contribution in [0.5, 0.6) is 0 Å². The number of hydrogen-bond donors (Lipinski definition) is 2. The number of H-pyrrole nitrogens is 1. The lowest BCUT2D eigenvalue weighted by Crippen LogP contribution is -2.45. The number of fused-ring (bicyclic) bond motifs is 1. The van der Waals surface area contributed by atoms with Crippen LogP contribution >= 0.6 is 0 Å². The van der Waals surface area contributed by atoms with E-state index in [0.29, 0.717) is 5.56 Å². The Bertz CT molecular complexity index is 1340. The fourth-order valence-electron chi connectivity index (χ4n) is 4.60. The number of aromatic nitrogens is 1. The van der Waals surface area contributed by atoms with Gasteiger partial charge in [0.25, 0.3) is 5.56 Å². The number of pyridine rings is 1. The van der Waals surface area contributed by atoms with Gasteiger partial charge < -0.3 is 10.3 Å². The zero-order valence-electron chi connectivity index (χ0n) is 19.7. The Morgan fingerprint density at radius 1 is 0.771 bits per heavy atom. The topological polar surface area (TPSA) is 68.4 Å². The number of carbonyl (C=O) groups is 1. The summed E-state index contributed by atoms with van der Waals surface area (Å²) in [5, 5.41) is 3.83. The molecule has 1 aromatic heterocycles. The van der Waals surface area contributed by atoms with Gasteiger partial charge in [-0.15, -0.1) is 0 Å². The van der Waals surface area contributed by atoms with Crippen molar-refractivity contribution in [3.63, 3.8) is 0 Å². The molecule has 4 aromatic rings. The normalized spacial score (nSPS) is 14.7. The number of rotatable bonds is 7. The fraction of sp³-hybridized carbons (Fsp3) is 0.241. The van der Waals surface area contributed by atoms with Gasteiger partial charge >= 0.3 is 0 Å². The van der Waals surface area contributed by atoms with E-state index in [1.165, 1.54) is 11.1 Å². The van der Waals surface area contributed by atoms with Crippen LogP contribution in [0.15, 0.2) is 89.7 Å². The maximum atomic E-state index is 12.6. The number of carbonyl (C=O) groups excluding carboxylic acids is 1. The fourth-order valence-corrected chi connectivity index (χ4v) is 4.60. The van der Waals surface area contributed by atoms with Crippen molar-refractivity contribution in [1.29, 1.82) is 0 Å². The molecule has 1 aliphatic rings. The molecule has 0 bridgehead atoms. The number of para-hydroxylation sites is 1. The van der Waals surface area contributed by atoms with E-state index in [1.807, 2.05) is 36.4 Å². The summed E-state index contributed by atoms with van der Waals surface area (Å²) in [4.78, 5) is 32.7. The third-order valence-corrected chi connectivity index (χ3v) is 6.54. The molecule has 5 rings (SSSR count). The zero-order valence-corrected chi connectivity index (χ0v) is 19.7. The SMILES string of the molecule is O=C(Cc1cc2ccccc2[nH]c1=O)Nc1ccc(CN2CCN(Cc3ccccc3)CC2)cc1. The molecule has 0 atom stereocenters. The van der Waals surface area contributed by atoms with Gasteiger partial charge in [0.15, 0.2) is 0 Å². The Kier molecular flexibility index (Phi) is 7.02. The predicted molar refractivity (Wildman–Crippen MR) is 140 cm³/mol. The highest BCUT2D eigenvalue weighted by Crippen LogP contribution is 2.15. The smallest absolute Gasteiger partial charge is 0.252 e. The number of aromatic amines is 1. The molecule has 178 valence electrons. The largest absolute Gasteiger partial charge is 0.326 e. The van der Waals surface area contributed by atoms with Crippen LogP contribution in [0.2, 0.25) is 0 Å². The summed E-state index contributed by atoms with van der Waals surface area (Å²) in [6, 6.07) is 28.0. The molecule has 0 radical (unpaired) electrons. The van der Waals surface area contributed by atoms with Gasteiger partial charge in [0, 0.05) is 56.0 Å².